The molecule has 1 amide bonds. The second kappa shape index (κ2) is 5.81. The summed E-state index contributed by atoms with van der Waals surface area (Å²) in [6, 6.07) is 0. The van der Waals surface area contributed by atoms with Crippen molar-refractivity contribution in [3.63, 3.8) is 0 Å². The number of hydrogen-bond donors (Lipinski definition) is 1. The van der Waals surface area contributed by atoms with Crippen molar-refractivity contribution in [2.75, 3.05) is 0 Å². The highest BCUT2D eigenvalue weighted by atomic mass is 16.5. The molecular weight excluding hydrogens is 252 g/mol. The number of nitrogens with one attached hydrogen (secondary N) is 1. The van der Waals surface area contributed by atoms with Gasteiger partial charge in [-0.1, -0.05) is 16.8 Å². The zero-order valence-electron chi connectivity index (χ0n) is 12.9. The molecule has 0 aromatic carbocycles. The Bertz CT molecular complexity index is 507. The van der Waals surface area contributed by atoms with Gasteiger partial charge in [0.25, 0.3) is 0 Å². The van der Waals surface area contributed by atoms with Gasteiger partial charge in [-0.05, 0) is 53.4 Å². The Labute approximate surface area is 120 Å². The number of allylic oxidation sites excluding steroid dienone is 1. The average Bonchev–Trinajstić information content (AvgIpc) is 2.70. The molecule has 20 heavy (non-hydrogen) atoms. The van der Waals surface area contributed by atoms with Crippen molar-refractivity contribution in [1.29, 1.82) is 0 Å². The Morgan fingerprint density at radius 3 is 2.70 bits per heavy atom. The Balaban J connectivity index is 2.04. The third-order valence-electron chi connectivity index (χ3n) is 3.88. The molecule has 4 nitrogen and oxygen atoms in total. The van der Waals surface area contributed by atoms with Gasteiger partial charge in [0.15, 0.2) is 0 Å². The molecule has 0 unspecified atom stereocenters. The minimum absolute atomic E-state index is 0.0724. The number of nitrogens with zero attached hydrogens (tertiary/aromatic N) is 1. The first-order chi connectivity index (χ1) is 9.40. The van der Waals surface area contributed by atoms with Crippen LogP contribution in [0.5, 0.6) is 0 Å². The summed E-state index contributed by atoms with van der Waals surface area (Å²) in [7, 11) is 0. The summed E-state index contributed by atoms with van der Waals surface area (Å²) >= 11 is 0. The van der Waals surface area contributed by atoms with Crippen LogP contribution in [0.1, 0.15) is 63.0 Å². The molecule has 1 aliphatic carbocycles. The summed E-state index contributed by atoms with van der Waals surface area (Å²) in [4.78, 5) is 12.2. The maximum Gasteiger partial charge on any atom is 0.224 e. The smallest absolute Gasteiger partial charge is 0.224 e. The van der Waals surface area contributed by atoms with E-state index in [1.54, 1.807) is 0 Å². The molecule has 1 aliphatic rings. The number of aryl methyl sites for hydroxylation is 2. The van der Waals surface area contributed by atoms with Gasteiger partial charge in [0.2, 0.25) is 5.91 Å². The number of rotatable bonds is 4. The molecule has 0 saturated carbocycles. The Morgan fingerprint density at radius 2 is 2.15 bits per heavy atom. The van der Waals surface area contributed by atoms with Gasteiger partial charge in [-0.3, -0.25) is 4.79 Å². The third-order valence-corrected chi connectivity index (χ3v) is 3.88. The molecule has 1 aromatic heterocycles. The van der Waals surface area contributed by atoms with E-state index in [2.05, 4.69) is 16.5 Å². The van der Waals surface area contributed by atoms with Crippen molar-refractivity contribution in [2.24, 2.45) is 0 Å². The van der Waals surface area contributed by atoms with E-state index < -0.39 is 5.54 Å². The molecule has 4 heteroatoms. The Morgan fingerprint density at radius 1 is 1.40 bits per heavy atom. The third kappa shape index (κ3) is 3.30. The topological polar surface area (TPSA) is 55.1 Å². The second-order valence-corrected chi connectivity index (χ2v) is 6.16. The highest BCUT2D eigenvalue weighted by Gasteiger charge is 2.29. The lowest BCUT2D eigenvalue weighted by Gasteiger charge is -2.27. The lowest BCUT2D eigenvalue weighted by Crippen LogP contribution is -2.41. The van der Waals surface area contributed by atoms with Crippen molar-refractivity contribution in [2.45, 2.75) is 65.3 Å². The average molecular weight is 276 g/mol. The van der Waals surface area contributed by atoms with E-state index >= 15 is 0 Å². The van der Waals surface area contributed by atoms with Gasteiger partial charge in [-0.25, -0.2) is 0 Å². The molecule has 0 radical (unpaired) electrons. The second-order valence-electron chi connectivity index (χ2n) is 6.16. The van der Waals surface area contributed by atoms with E-state index in [1.165, 1.54) is 18.4 Å². The number of aromatic nitrogens is 1. The van der Waals surface area contributed by atoms with Gasteiger partial charge in [-0.15, -0.1) is 0 Å². The first-order valence-corrected chi connectivity index (χ1v) is 7.32. The van der Waals surface area contributed by atoms with E-state index in [-0.39, 0.29) is 5.91 Å². The largest absolute Gasteiger partial charge is 0.361 e. The fourth-order valence-corrected chi connectivity index (χ4v) is 3.10. The van der Waals surface area contributed by atoms with Gasteiger partial charge in [-0.2, -0.15) is 0 Å². The van der Waals surface area contributed by atoms with Crippen LogP contribution in [-0.2, 0) is 10.3 Å². The van der Waals surface area contributed by atoms with E-state index in [9.17, 15) is 4.79 Å². The zero-order valence-corrected chi connectivity index (χ0v) is 12.9. The van der Waals surface area contributed by atoms with Gasteiger partial charge in [0.1, 0.15) is 5.76 Å². The van der Waals surface area contributed by atoms with Crippen molar-refractivity contribution in [3.8, 4) is 0 Å². The monoisotopic (exact) mass is 276 g/mol. The van der Waals surface area contributed by atoms with E-state index in [0.717, 1.165) is 29.9 Å². The lowest BCUT2D eigenvalue weighted by molar-refractivity contribution is -0.122. The predicted octanol–water partition coefficient (Wildman–Crippen LogP) is 3.53. The van der Waals surface area contributed by atoms with Crippen LogP contribution < -0.4 is 5.32 Å². The van der Waals surface area contributed by atoms with Crippen LogP contribution >= 0.6 is 0 Å². The minimum Gasteiger partial charge on any atom is -0.361 e. The molecule has 2 rings (SSSR count). The number of carbonyl (C=O) groups is 1. The highest BCUT2D eigenvalue weighted by Crippen LogP contribution is 2.27. The molecular formula is C16H24N2O2. The predicted molar refractivity (Wildman–Crippen MR) is 78.3 cm³/mol. The normalized spacial score (nSPS) is 15.9. The molecule has 0 atom stereocenters. The Hall–Kier alpha value is -1.58. The van der Waals surface area contributed by atoms with Crippen LogP contribution in [0.4, 0.5) is 0 Å². The molecule has 1 N–H and O–H groups in total. The van der Waals surface area contributed by atoms with Gasteiger partial charge in [0.05, 0.1) is 11.2 Å². The van der Waals surface area contributed by atoms with E-state index in [4.69, 9.17) is 4.52 Å². The van der Waals surface area contributed by atoms with Crippen LogP contribution in [0, 0.1) is 13.8 Å². The quantitative estimate of drug-likeness (QED) is 0.856. The highest BCUT2D eigenvalue weighted by molar-refractivity contribution is 5.79. The molecule has 0 aliphatic heterocycles. The Kier molecular flexibility index (Phi) is 4.31. The summed E-state index contributed by atoms with van der Waals surface area (Å²) in [6.45, 7) is 7.77. The van der Waals surface area contributed by atoms with Gasteiger partial charge >= 0.3 is 0 Å². The van der Waals surface area contributed by atoms with Crippen LogP contribution in [0.3, 0.4) is 0 Å². The summed E-state index contributed by atoms with van der Waals surface area (Å²) in [5, 5.41) is 7.08. The van der Waals surface area contributed by atoms with Crippen LogP contribution in [-0.4, -0.2) is 11.1 Å². The summed E-state index contributed by atoms with van der Waals surface area (Å²) < 4.78 is 5.20. The van der Waals surface area contributed by atoms with Crippen LogP contribution in [0.2, 0.25) is 0 Å². The van der Waals surface area contributed by atoms with Crippen molar-refractivity contribution in [3.05, 3.63) is 28.7 Å². The lowest BCUT2D eigenvalue weighted by atomic mass is 9.91. The number of carbonyl (C=O) groups excluding carboxylic acids is 1. The molecule has 0 fully saturated rings. The standard InChI is InChI=1S/C16H24N2O2/c1-11-15(12(2)20-18-11)16(3,4)17-14(19)10-13-8-6-5-7-9-13/h8H,5-7,9-10H2,1-4H3,(H,17,19). The molecule has 1 aromatic rings. The minimum atomic E-state index is -0.458. The van der Waals surface area contributed by atoms with Gasteiger partial charge in [0, 0.05) is 12.0 Å². The number of hydrogen-bond acceptors (Lipinski definition) is 3. The fourth-order valence-electron chi connectivity index (χ4n) is 3.10. The summed E-state index contributed by atoms with van der Waals surface area (Å²) in [5.41, 5.74) is 2.62. The van der Waals surface area contributed by atoms with Crippen molar-refractivity contribution < 1.29 is 9.32 Å². The van der Waals surface area contributed by atoms with Gasteiger partial charge < -0.3 is 9.84 Å². The molecule has 0 spiro atoms. The first kappa shape index (κ1) is 14.8. The molecule has 110 valence electrons. The molecule has 0 saturated heterocycles. The first-order valence-electron chi connectivity index (χ1n) is 7.32. The zero-order chi connectivity index (χ0) is 14.8. The van der Waals surface area contributed by atoms with Crippen molar-refractivity contribution >= 4 is 5.91 Å². The molecule has 1 heterocycles. The molecule has 0 bridgehead atoms. The summed E-state index contributed by atoms with van der Waals surface area (Å²) in [5.74, 6) is 0.841. The fraction of sp³-hybridized carbons (Fsp3) is 0.625. The van der Waals surface area contributed by atoms with Crippen LogP contribution in [0.15, 0.2) is 16.2 Å². The van der Waals surface area contributed by atoms with Crippen LogP contribution in [0.25, 0.3) is 0 Å². The maximum atomic E-state index is 12.2. The summed E-state index contributed by atoms with van der Waals surface area (Å²) in [6.07, 6.45) is 7.33. The maximum absolute atomic E-state index is 12.2. The van der Waals surface area contributed by atoms with Crippen molar-refractivity contribution in [1.82, 2.24) is 10.5 Å². The SMILES string of the molecule is Cc1noc(C)c1C(C)(C)NC(=O)CC1=CCCCC1. The van der Waals surface area contributed by atoms with E-state index in [1.807, 2.05) is 27.7 Å². The number of amides is 1. The van der Waals surface area contributed by atoms with E-state index in [0.29, 0.717) is 6.42 Å².